The second-order valence-corrected chi connectivity index (χ2v) is 4.79. The molecule has 108 valence electrons. The lowest BCUT2D eigenvalue weighted by Gasteiger charge is -2.35. The zero-order valence-corrected chi connectivity index (χ0v) is 11.3. The first kappa shape index (κ1) is 14.7. The van der Waals surface area contributed by atoms with Crippen molar-refractivity contribution in [2.45, 2.75) is 12.7 Å². The normalized spacial score (nSPS) is 18.8. The predicted molar refractivity (Wildman–Crippen MR) is 70.5 cm³/mol. The molecule has 0 N–H and O–H groups in total. The summed E-state index contributed by atoms with van der Waals surface area (Å²) in [7, 11) is 2.02. The van der Waals surface area contributed by atoms with E-state index < -0.39 is 12.7 Å². The Balaban J connectivity index is 2.21. The van der Waals surface area contributed by atoms with E-state index in [0.29, 0.717) is 5.56 Å². The molecule has 1 fully saturated rings. The molecule has 2 rings (SSSR count). The predicted octanol–water partition coefficient (Wildman–Crippen LogP) is 2.10. The number of para-hydroxylation sites is 1. The quantitative estimate of drug-likeness (QED) is 0.847. The van der Waals surface area contributed by atoms with E-state index in [1.54, 1.807) is 18.2 Å². The highest BCUT2D eigenvalue weighted by molar-refractivity contribution is 5.38. The molecule has 1 aliphatic heterocycles. The van der Waals surface area contributed by atoms with Crippen LogP contribution in [0.4, 0.5) is 8.78 Å². The van der Waals surface area contributed by atoms with Crippen molar-refractivity contribution in [2.75, 3.05) is 33.2 Å². The summed E-state index contributed by atoms with van der Waals surface area (Å²) in [5.74, 6) is 0.0768. The first-order valence-electron chi connectivity index (χ1n) is 6.47. The summed E-state index contributed by atoms with van der Waals surface area (Å²) in [5.41, 5.74) is 0.500. The van der Waals surface area contributed by atoms with Crippen LogP contribution in [0.25, 0.3) is 0 Å². The van der Waals surface area contributed by atoms with Crippen LogP contribution >= 0.6 is 0 Å². The molecule has 1 unspecified atom stereocenters. The van der Waals surface area contributed by atoms with Gasteiger partial charge in [0.05, 0.1) is 6.07 Å². The lowest BCUT2D eigenvalue weighted by molar-refractivity contribution is -0.0510. The Morgan fingerprint density at radius 2 is 1.85 bits per heavy atom. The van der Waals surface area contributed by atoms with Crippen LogP contribution < -0.4 is 4.74 Å². The number of hydrogen-bond acceptors (Lipinski definition) is 4. The van der Waals surface area contributed by atoms with Gasteiger partial charge in [0.1, 0.15) is 11.8 Å². The van der Waals surface area contributed by atoms with Gasteiger partial charge in [0.25, 0.3) is 0 Å². The number of benzene rings is 1. The molecule has 0 bridgehead atoms. The lowest BCUT2D eigenvalue weighted by atomic mass is 10.0. The van der Waals surface area contributed by atoms with Crippen LogP contribution in [0, 0.1) is 11.3 Å². The van der Waals surface area contributed by atoms with Gasteiger partial charge in [-0.3, -0.25) is 4.90 Å². The molecular formula is C14H17F2N3O. The lowest BCUT2D eigenvalue weighted by Crippen LogP contribution is -2.45. The van der Waals surface area contributed by atoms with E-state index in [4.69, 9.17) is 0 Å². The average Bonchev–Trinajstić information content (AvgIpc) is 2.43. The van der Waals surface area contributed by atoms with Crippen molar-refractivity contribution in [3.05, 3.63) is 29.8 Å². The van der Waals surface area contributed by atoms with Gasteiger partial charge in [-0.05, 0) is 13.1 Å². The number of nitriles is 1. The zero-order valence-electron chi connectivity index (χ0n) is 11.3. The summed E-state index contributed by atoms with van der Waals surface area (Å²) in [6.45, 7) is 0.296. The summed E-state index contributed by atoms with van der Waals surface area (Å²) >= 11 is 0. The van der Waals surface area contributed by atoms with E-state index in [0.717, 1.165) is 26.2 Å². The molecule has 1 aromatic rings. The highest BCUT2D eigenvalue weighted by Crippen LogP contribution is 2.30. The van der Waals surface area contributed by atoms with Gasteiger partial charge < -0.3 is 9.64 Å². The molecule has 0 aliphatic carbocycles. The summed E-state index contributed by atoms with van der Waals surface area (Å²) < 4.78 is 29.4. The standard InChI is InChI=1S/C14H17F2N3O/c1-18-6-8-19(9-7-18)12(10-17)11-4-2-3-5-13(11)20-14(15)16/h2-5,12,14H,6-9H2,1H3. The molecule has 0 spiro atoms. The maximum atomic E-state index is 12.4. The molecule has 6 heteroatoms. The van der Waals surface area contributed by atoms with Crippen molar-refractivity contribution < 1.29 is 13.5 Å². The number of likely N-dealkylation sites (N-methyl/N-ethyl adjacent to an activating group) is 1. The average molecular weight is 281 g/mol. The van der Waals surface area contributed by atoms with Gasteiger partial charge in [-0.2, -0.15) is 14.0 Å². The molecular weight excluding hydrogens is 264 g/mol. The fraction of sp³-hybridized carbons (Fsp3) is 0.500. The van der Waals surface area contributed by atoms with Crippen molar-refractivity contribution in [1.82, 2.24) is 9.80 Å². The van der Waals surface area contributed by atoms with Gasteiger partial charge in [-0.15, -0.1) is 0 Å². The third kappa shape index (κ3) is 3.44. The topological polar surface area (TPSA) is 39.5 Å². The Labute approximate surface area is 117 Å². The van der Waals surface area contributed by atoms with Crippen molar-refractivity contribution >= 4 is 0 Å². The first-order chi connectivity index (χ1) is 9.61. The zero-order chi connectivity index (χ0) is 14.5. The molecule has 0 saturated carbocycles. The fourth-order valence-corrected chi connectivity index (χ4v) is 2.34. The molecule has 1 aliphatic rings. The number of ether oxygens (including phenoxy) is 1. The Kier molecular flexibility index (Phi) is 4.88. The molecule has 1 atom stereocenters. The van der Waals surface area contributed by atoms with Gasteiger partial charge in [0.15, 0.2) is 0 Å². The van der Waals surface area contributed by atoms with Crippen LogP contribution in [0.15, 0.2) is 24.3 Å². The number of halogens is 2. The third-order valence-electron chi connectivity index (χ3n) is 3.45. The molecule has 1 aromatic carbocycles. The number of rotatable bonds is 4. The number of alkyl halides is 2. The van der Waals surface area contributed by atoms with Crippen LogP contribution in [-0.4, -0.2) is 49.6 Å². The third-order valence-corrected chi connectivity index (χ3v) is 3.45. The van der Waals surface area contributed by atoms with Crippen molar-refractivity contribution in [3.63, 3.8) is 0 Å². The highest BCUT2D eigenvalue weighted by Gasteiger charge is 2.26. The molecule has 0 amide bonds. The molecule has 20 heavy (non-hydrogen) atoms. The Bertz CT molecular complexity index is 482. The van der Waals surface area contributed by atoms with Crippen molar-refractivity contribution in [1.29, 1.82) is 5.26 Å². The summed E-state index contributed by atoms with van der Waals surface area (Å²) in [5, 5.41) is 9.41. The van der Waals surface area contributed by atoms with E-state index in [2.05, 4.69) is 15.7 Å². The number of nitrogens with zero attached hydrogens (tertiary/aromatic N) is 3. The minimum atomic E-state index is -2.89. The summed E-state index contributed by atoms with van der Waals surface area (Å²) in [4.78, 5) is 4.17. The highest BCUT2D eigenvalue weighted by atomic mass is 19.3. The monoisotopic (exact) mass is 281 g/mol. The van der Waals surface area contributed by atoms with Crippen molar-refractivity contribution in [3.8, 4) is 11.8 Å². The van der Waals surface area contributed by atoms with Gasteiger partial charge >= 0.3 is 6.61 Å². The Hall–Kier alpha value is -1.71. The molecule has 4 nitrogen and oxygen atoms in total. The van der Waals surface area contributed by atoms with Gasteiger partial charge in [-0.25, -0.2) is 0 Å². The van der Waals surface area contributed by atoms with E-state index in [1.807, 2.05) is 11.9 Å². The molecule has 0 aromatic heterocycles. The van der Waals surface area contributed by atoms with E-state index in [-0.39, 0.29) is 5.75 Å². The second kappa shape index (κ2) is 6.64. The summed E-state index contributed by atoms with van der Waals surface area (Å²) in [6.07, 6.45) is 0. The SMILES string of the molecule is CN1CCN(C(C#N)c2ccccc2OC(F)F)CC1. The molecule has 1 heterocycles. The molecule has 1 saturated heterocycles. The van der Waals surface area contributed by atoms with Crippen LogP contribution in [0.3, 0.4) is 0 Å². The Morgan fingerprint density at radius 1 is 1.20 bits per heavy atom. The van der Waals surface area contributed by atoms with Gasteiger partial charge in [0, 0.05) is 31.7 Å². The van der Waals surface area contributed by atoms with Crippen LogP contribution in [-0.2, 0) is 0 Å². The van der Waals surface area contributed by atoms with E-state index in [1.165, 1.54) is 6.07 Å². The van der Waals surface area contributed by atoms with Gasteiger partial charge in [0.2, 0.25) is 0 Å². The second-order valence-electron chi connectivity index (χ2n) is 4.79. The largest absolute Gasteiger partial charge is 0.434 e. The minimum absolute atomic E-state index is 0.0768. The maximum Gasteiger partial charge on any atom is 0.387 e. The molecule has 0 radical (unpaired) electrons. The van der Waals surface area contributed by atoms with Gasteiger partial charge in [-0.1, -0.05) is 18.2 Å². The number of hydrogen-bond donors (Lipinski definition) is 0. The van der Waals surface area contributed by atoms with Crippen LogP contribution in [0.1, 0.15) is 11.6 Å². The fourth-order valence-electron chi connectivity index (χ4n) is 2.34. The first-order valence-corrected chi connectivity index (χ1v) is 6.47. The summed E-state index contributed by atoms with van der Waals surface area (Å²) in [6, 6.07) is 8.14. The van der Waals surface area contributed by atoms with E-state index in [9.17, 15) is 14.0 Å². The van der Waals surface area contributed by atoms with E-state index >= 15 is 0 Å². The number of piperazine rings is 1. The smallest absolute Gasteiger partial charge is 0.387 e. The van der Waals surface area contributed by atoms with Crippen LogP contribution in [0.5, 0.6) is 5.75 Å². The minimum Gasteiger partial charge on any atom is -0.434 e. The van der Waals surface area contributed by atoms with Crippen LogP contribution in [0.2, 0.25) is 0 Å². The Morgan fingerprint density at radius 3 is 2.45 bits per heavy atom. The maximum absolute atomic E-state index is 12.4. The van der Waals surface area contributed by atoms with Crippen molar-refractivity contribution in [2.24, 2.45) is 0 Å².